The maximum absolute atomic E-state index is 13.2. The zero-order chi connectivity index (χ0) is 23.8. The second-order valence-electron chi connectivity index (χ2n) is 7.69. The van der Waals surface area contributed by atoms with E-state index in [0.717, 1.165) is 16.9 Å². The van der Waals surface area contributed by atoms with Gasteiger partial charge in [-0.3, -0.25) is 4.79 Å². The van der Waals surface area contributed by atoms with Gasteiger partial charge in [-0.25, -0.2) is 4.39 Å². The van der Waals surface area contributed by atoms with Crippen molar-refractivity contribution >= 4 is 17.6 Å². The molecule has 0 aromatic heterocycles. The summed E-state index contributed by atoms with van der Waals surface area (Å²) in [5.74, 6) is 1.01. The Morgan fingerprint density at radius 1 is 1.03 bits per heavy atom. The summed E-state index contributed by atoms with van der Waals surface area (Å²) in [4.78, 5) is 10.8. The second-order valence-corrected chi connectivity index (χ2v) is 8.13. The molecule has 1 atom stereocenters. The van der Waals surface area contributed by atoms with Crippen molar-refractivity contribution in [3.63, 3.8) is 0 Å². The summed E-state index contributed by atoms with van der Waals surface area (Å²) in [6, 6.07) is 16.5. The van der Waals surface area contributed by atoms with E-state index in [0.29, 0.717) is 41.7 Å². The van der Waals surface area contributed by atoms with Crippen molar-refractivity contribution in [1.82, 2.24) is 0 Å². The summed E-state index contributed by atoms with van der Waals surface area (Å²) in [5, 5.41) is 9.34. The Kier molecular flexibility index (Phi) is 8.55. The molecule has 3 aromatic rings. The lowest BCUT2D eigenvalue weighted by Gasteiger charge is -2.18. The van der Waals surface area contributed by atoms with Crippen LogP contribution < -0.4 is 14.2 Å². The van der Waals surface area contributed by atoms with Gasteiger partial charge in [-0.1, -0.05) is 17.7 Å². The van der Waals surface area contributed by atoms with Crippen LogP contribution in [0.4, 0.5) is 4.39 Å². The number of aliphatic carboxylic acids is 1. The van der Waals surface area contributed by atoms with Gasteiger partial charge in [0.05, 0.1) is 12.7 Å². The third kappa shape index (κ3) is 7.68. The minimum Gasteiger partial charge on any atom is -0.493 e. The molecule has 0 aliphatic carbocycles. The lowest BCUT2D eigenvalue weighted by atomic mass is 10.0. The van der Waals surface area contributed by atoms with E-state index in [9.17, 15) is 9.18 Å². The van der Waals surface area contributed by atoms with Crippen molar-refractivity contribution in [1.29, 1.82) is 0 Å². The SMILES string of the molecule is Cc1cc(OCC[C@@H](C)Oc2ccc(Cl)cc2Oc2ccc(F)cc2)ccc1CCC(=O)O. The Bertz CT molecular complexity index is 1080. The third-order valence-corrected chi connectivity index (χ3v) is 5.23. The number of carboxylic acid groups (broad SMARTS) is 1. The van der Waals surface area contributed by atoms with E-state index in [4.69, 9.17) is 30.9 Å². The van der Waals surface area contributed by atoms with Crippen LogP contribution in [0, 0.1) is 12.7 Å². The molecule has 0 aliphatic rings. The first-order valence-corrected chi connectivity index (χ1v) is 11.0. The second kappa shape index (κ2) is 11.6. The van der Waals surface area contributed by atoms with Gasteiger partial charge >= 0.3 is 5.97 Å². The first-order chi connectivity index (χ1) is 15.8. The number of ether oxygens (including phenoxy) is 3. The highest BCUT2D eigenvalue weighted by molar-refractivity contribution is 6.30. The van der Waals surface area contributed by atoms with E-state index in [1.807, 2.05) is 32.0 Å². The van der Waals surface area contributed by atoms with Gasteiger partial charge in [0.25, 0.3) is 0 Å². The largest absolute Gasteiger partial charge is 0.493 e. The molecule has 7 heteroatoms. The van der Waals surface area contributed by atoms with Crippen molar-refractivity contribution in [2.24, 2.45) is 0 Å². The fourth-order valence-electron chi connectivity index (χ4n) is 3.19. The average Bonchev–Trinajstić information content (AvgIpc) is 2.76. The molecular weight excluding hydrogens is 447 g/mol. The topological polar surface area (TPSA) is 65.0 Å². The van der Waals surface area contributed by atoms with Gasteiger partial charge in [-0.15, -0.1) is 0 Å². The molecule has 3 rings (SSSR count). The molecule has 3 aromatic carbocycles. The lowest BCUT2D eigenvalue weighted by Crippen LogP contribution is -2.16. The van der Waals surface area contributed by atoms with Crippen LogP contribution in [0.15, 0.2) is 60.7 Å². The highest BCUT2D eigenvalue weighted by Crippen LogP contribution is 2.35. The van der Waals surface area contributed by atoms with Crippen LogP contribution in [0.3, 0.4) is 0 Å². The first kappa shape index (κ1) is 24.4. The fourth-order valence-corrected chi connectivity index (χ4v) is 3.35. The Morgan fingerprint density at radius 2 is 1.76 bits per heavy atom. The van der Waals surface area contributed by atoms with Crippen LogP contribution in [0.5, 0.6) is 23.0 Å². The molecule has 0 saturated heterocycles. The van der Waals surface area contributed by atoms with E-state index < -0.39 is 5.97 Å². The van der Waals surface area contributed by atoms with Crippen molar-refractivity contribution in [2.75, 3.05) is 6.61 Å². The molecule has 0 bridgehead atoms. The molecule has 174 valence electrons. The third-order valence-electron chi connectivity index (χ3n) is 4.99. The van der Waals surface area contributed by atoms with E-state index >= 15 is 0 Å². The minimum absolute atomic E-state index is 0.105. The number of hydrogen-bond donors (Lipinski definition) is 1. The van der Waals surface area contributed by atoms with E-state index in [1.54, 1.807) is 18.2 Å². The minimum atomic E-state index is -0.810. The number of hydrogen-bond acceptors (Lipinski definition) is 4. The molecule has 1 N–H and O–H groups in total. The van der Waals surface area contributed by atoms with Crippen molar-refractivity contribution in [2.45, 2.75) is 39.2 Å². The van der Waals surface area contributed by atoms with E-state index in [2.05, 4.69) is 0 Å². The Balaban J connectivity index is 1.54. The van der Waals surface area contributed by atoms with Gasteiger partial charge in [0.1, 0.15) is 17.3 Å². The molecule has 0 heterocycles. The van der Waals surface area contributed by atoms with Crippen LogP contribution in [-0.4, -0.2) is 23.8 Å². The predicted octanol–water partition coefficient (Wildman–Crippen LogP) is 6.83. The Labute approximate surface area is 197 Å². The number of carboxylic acids is 1. The van der Waals surface area contributed by atoms with Crippen LogP contribution >= 0.6 is 11.6 Å². The smallest absolute Gasteiger partial charge is 0.303 e. The Morgan fingerprint density at radius 3 is 2.45 bits per heavy atom. The Hall–Kier alpha value is -3.25. The van der Waals surface area contributed by atoms with Gasteiger partial charge in [0.2, 0.25) is 0 Å². The summed E-state index contributed by atoms with van der Waals surface area (Å²) in [6.45, 7) is 4.32. The molecular formula is C26H26ClFO5. The number of halogens is 2. The fraction of sp³-hybridized carbons (Fsp3) is 0.269. The predicted molar refractivity (Wildman–Crippen MR) is 125 cm³/mol. The first-order valence-electron chi connectivity index (χ1n) is 10.6. The number of rotatable bonds is 11. The molecule has 0 amide bonds. The zero-order valence-corrected chi connectivity index (χ0v) is 19.3. The highest BCUT2D eigenvalue weighted by Gasteiger charge is 2.12. The highest BCUT2D eigenvalue weighted by atomic mass is 35.5. The van der Waals surface area contributed by atoms with Gasteiger partial charge in [0, 0.05) is 23.9 Å². The summed E-state index contributed by atoms with van der Waals surface area (Å²) >= 11 is 6.11. The van der Waals surface area contributed by atoms with Crippen molar-refractivity contribution in [3.8, 4) is 23.0 Å². The van der Waals surface area contributed by atoms with E-state index in [1.165, 1.54) is 24.3 Å². The maximum atomic E-state index is 13.2. The van der Waals surface area contributed by atoms with Crippen LogP contribution in [0.1, 0.15) is 30.9 Å². The van der Waals surface area contributed by atoms with Gasteiger partial charge in [-0.05, 0) is 79.9 Å². The summed E-state index contributed by atoms with van der Waals surface area (Å²) in [7, 11) is 0. The summed E-state index contributed by atoms with van der Waals surface area (Å²) < 4.78 is 30.9. The summed E-state index contributed by atoms with van der Waals surface area (Å²) in [6.07, 6.45) is 1.06. The number of benzene rings is 3. The normalized spacial score (nSPS) is 11.6. The average molecular weight is 473 g/mol. The van der Waals surface area contributed by atoms with Gasteiger partial charge in [-0.2, -0.15) is 0 Å². The maximum Gasteiger partial charge on any atom is 0.303 e. The standard InChI is InChI=1S/C26H26ClFO5/c1-17-15-23(8-3-19(17)4-12-26(29)30)31-14-13-18(2)32-24-11-5-20(27)16-25(24)33-22-9-6-21(28)7-10-22/h3,5-11,15-16,18H,4,12-14H2,1-2H3,(H,29,30)/t18-/m1/s1. The monoisotopic (exact) mass is 472 g/mol. The molecule has 5 nitrogen and oxygen atoms in total. The molecule has 0 spiro atoms. The molecule has 0 fully saturated rings. The van der Waals surface area contributed by atoms with Gasteiger partial charge < -0.3 is 19.3 Å². The van der Waals surface area contributed by atoms with Crippen LogP contribution in [0.2, 0.25) is 5.02 Å². The summed E-state index contributed by atoms with van der Waals surface area (Å²) in [5.41, 5.74) is 2.00. The number of aryl methyl sites for hydroxylation is 2. The molecule has 33 heavy (non-hydrogen) atoms. The molecule has 0 radical (unpaired) electrons. The van der Waals surface area contributed by atoms with Crippen molar-refractivity contribution in [3.05, 3.63) is 82.6 Å². The van der Waals surface area contributed by atoms with Gasteiger partial charge in [0.15, 0.2) is 11.5 Å². The van der Waals surface area contributed by atoms with Crippen molar-refractivity contribution < 1.29 is 28.5 Å². The van der Waals surface area contributed by atoms with Crippen LogP contribution in [0.25, 0.3) is 0 Å². The molecule has 0 saturated carbocycles. The lowest BCUT2D eigenvalue weighted by molar-refractivity contribution is -0.136. The van der Waals surface area contributed by atoms with E-state index in [-0.39, 0.29) is 18.3 Å². The number of carbonyl (C=O) groups is 1. The molecule has 0 aliphatic heterocycles. The molecule has 0 unspecified atom stereocenters. The quantitative estimate of drug-likeness (QED) is 0.331. The zero-order valence-electron chi connectivity index (χ0n) is 18.5. The van der Waals surface area contributed by atoms with Crippen LogP contribution in [-0.2, 0) is 11.2 Å².